The third kappa shape index (κ3) is 0.879. The highest BCUT2D eigenvalue weighted by atomic mass is 16.5. The summed E-state index contributed by atoms with van der Waals surface area (Å²) in [5.41, 5.74) is 2.13. The summed E-state index contributed by atoms with van der Waals surface area (Å²) in [5.74, 6) is 0.664. The van der Waals surface area contributed by atoms with Crippen molar-refractivity contribution in [3.8, 4) is 5.88 Å². The molecule has 64 valence electrons. The molecule has 0 aromatic carbocycles. The Morgan fingerprint density at radius 3 is 3.25 bits per heavy atom. The lowest BCUT2D eigenvalue weighted by Crippen LogP contribution is -2.15. The van der Waals surface area contributed by atoms with Crippen LogP contribution in [0.3, 0.4) is 0 Å². The van der Waals surface area contributed by atoms with Crippen molar-refractivity contribution in [3.05, 3.63) is 12.3 Å². The Labute approximate surface area is 71.2 Å². The van der Waals surface area contributed by atoms with Gasteiger partial charge >= 0.3 is 0 Å². The Balaban J connectivity index is 2.50. The molecule has 2 heterocycles. The van der Waals surface area contributed by atoms with Gasteiger partial charge in [-0.15, -0.1) is 0 Å². The molecular formula is C8H11N3O. The van der Waals surface area contributed by atoms with Crippen molar-refractivity contribution in [3.63, 3.8) is 0 Å². The first kappa shape index (κ1) is 7.21. The van der Waals surface area contributed by atoms with Crippen LogP contribution in [0.2, 0.25) is 0 Å². The number of pyridine rings is 1. The van der Waals surface area contributed by atoms with Crippen LogP contribution in [0.5, 0.6) is 5.88 Å². The second kappa shape index (κ2) is 2.55. The smallest absolute Gasteiger partial charge is 0.239 e. The SMILES string of the molecule is COc1nccc2c1NCN2C. The topological polar surface area (TPSA) is 37.4 Å². The Bertz CT molecular complexity index is 300. The normalized spacial score (nSPS) is 14.0. The minimum Gasteiger partial charge on any atom is -0.479 e. The molecule has 4 heteroatoms. The molecule has 0 saturated heterocycles. The first-order valence-electron chi connectivity index (χ1n) is 3.81. The number of nitrogens with zero attached hydrogens (tertiary/aromatic N) is 2. The van der Waals surface area contributed by atoms with E-state index in [1.165, 1.54) is 0 Å². The molecular weight excluding hydrogens is 154 g/mol. The summed E-state index contributed by atoms with van der Waals surface area (Å²) in [6, 6.07) is 1.97. The molecule has 0 atom stereocenters. The highest BCUT2D eigenvalue weighted by molar-refractivity contribution is 5.78. The molecule has 0 aliphatic carbocycles. The maximum absolute atomic E-state index is 5.11. The van der Waals surface area contributed by atoms with E-state index in [4.69, 9.17) is 4.74 Å². The Morgan fingerprint density at radius 1 is 1.67 bits per heavy atom. The van der Waals surface area contributed by atoms with Crippen LogP contribution >= 0.6 is 0 Å². The molecule has 1 aromatic heterocycles. The van der Waals surface area contributed by atoms with E-state index in [0.717, 1.165) is 18.0 Å². The van der Waals surface area contributed by atoms with Gasteiger partial charge in [0.2, 0.25) is 5.88 Å². The molecule has 0 radical (unpaired) electrons. The molecule has 1 aromatic rings. The van der Waals surface area contributed by atoms with E-state index in [1.807, 2.05) is 13.1 Å². The first-order chi connectivity index (χ1) is 5.83. The lowest BCUT2D eigenvalue weighted by atomic mass is 10.3. The molecule has 2 rings (SSSR count). The van der Waals surface area contributed by atoms with E-state index >= 15 is 0 Å². The van der Waals surface area contributed by atoms with Gasteiger partial charge in [0.25, 0.3) is 0 Å². The third-order valence-corrected chi connectivity index (χ3v) is 1.99. The van der Waals surface area contributed by atoms with E-state index < -0.39 is 0 Å². The van der Waals surface area contributed by atoms with Crippen LogP contribution in [-0.2, 0) is 0 Å². The maximum Gasteiger partial charge on any atom is 0.239 e. The van der Waals surface area contributed by atoms with E-state index in [-0.39, 0.29) is 0 Å². The molecule has 0 spiro atoms. The van der Waals surface area contributed by atoms with Gasteiger partial charge in [0.05, 0.1) is 19.5 Å². The molecule has 12 heavy (non-hydrogen) atoms. The van der Waals surface area contributed by atoms with Gasteiger partial charge in [0.1, 0.15) is 5.69 Å². The molecule has 4 nitrogen and oxygen atoms in total. The number of rotatable bonds is 1. The summed E-state index contributed by atoms with van der Waals surface area (Å²) in [7, 11) is 3.65. The average Bonchev–Trinajstić information content (AvgIpc) is 2.48. The van der Waals surface area contributed by atoms with Crippen LogP contribution in [0.1, 0.15) is 0 Å². The van der Waals surface area contributed by atoms with Crippen molar-refractivity contribution < 1.29 is 4.74 Å². The van der Waals surface area contributed by atoms with Crippen molar-refractivity contribution in [2.75, 3.05) is 31.0 Å². The molecule has 0 fully saturated rings. The number of hydrogen-bond acceptors (Lipinski definition) is 4. The van der Waals surface area contributed by atoms with Gasteiger partial charge in [0.15, 0.2) is 0 Å². The number of nitrogens with one attached hydrogen (secondary N) is 1. The first-order valence-corrected chi connectivity index (χ1v) is 3.81. The quantitative estimate of drug-likeness (QED) is 0.671. The zero-order chi connectivity index (χ0) is 8.55. The predicted octanol–water partition coefficient (Wildman–Crippen LogP) is 0.909. The summed E-state index contributed by atoms with van der Waals surface area (Å²) in [6.07, 6.45) is 1.75. The zero-order valence-electron chi connectivity index (χ0n) is 7.16. The summed E-state index contributed by atoms with van der Waals surface area (Å²) in [4.78, 5) is 6.20. The number of anilines is 2. The lowest BCUT2D eigenvalue weighted by molar-refractivity contribution is 0.400. The third-order valence-electron chi connectivity index (χ3n) is 1.99. The van der Waals surface area contributed by atoms with Crippen LogP contribution in [0, 0.1) is 0 Å². The summed E-state index contributed by atoms with van der Waals surface area (Å²) < 4.78 is 5.11. The van der Waals surface area contributed by atoms with Crippen molar-refractivity contribution in [2.24, 2.45) is 0 Å². The van der Waals surface area contributed by atoms with Crippen molar-refractivity contribution >= 4 is 11.4 Å². The molecule has 0 unspecified atom stereocenters. The van der Waals surface area contributed by atoms with Crippen molar-refractivity contribution in [2.45, 2.75) is 0 Å². The minimum atomic E-state index is 0.664. The molecule has 0 amide bonds. The maximum atomic E-state index is 5.11. The fourth-order valence-electron chi connectivity index (χ4n) is 1.35. The van der Waals surface area contributed by atoms with Crippen molar-refractivity contribution in [1.82, 2.24) is 4.98 Å². The van der Waals surface area contributed by atoms with Gasteiger partial charge in [-0.05, 0) is 6.07 Å². The monoisotopic (exact) mass is 165 g/mol. The lowest BCUT2D eigenvalue weighted by Gasteiger charge is -2.09. The highest BCUT2D eigenvalue weighted by Gasteiger charge is 2.18. The second-order valence-corrected chi connectivity index (χ2v) is 2.75. The number of fused-ring (bicyclic) bond motifs is 1. The van der Waals surface area contributed by atoms with Gasteiger partial charge in [-0.3, -0.25) is 0 Å². The number of methoxy groups -OCH3 is 1. The van der Waals surface area contributed by atoms with Gasteiger partial charge in [-0.1, -0.05) is 0 Å². The fourth-order valence-corrected chi connectivity index (χ4v) is 1.35. The molecule has 0 saturated carbocycles. The minimum absolute atomic E-state index is 0.664. The van der Waals surface area contributed by atoms with Crippen LogP contribution in [0.25, 0.3) is 0 Å². The largest absolute Gasteiger partial charge is 0.479 e. The van der Waals surface area contributed by atoms with Gasteiger partial charge < -0.3 is 15.0 Å². The molecule has 1 N–H and O–H groups in total. The number of hydrogen-bond donors (Lipinski definition) is 1. The molecule has 1 aliphatic heterocycles. The fraction of sp³-hybridized carbons (Fsp3) is 0.375. The second-order valence-electron chi connectivity index (χ2n) is 2.75. The van der Waals surface area contributed by atoms with Crippen LogP contribution in [0.15, 0.2) is 12.3 Å². The van der Waals surface area contributed by atoms with Gasteiger partial charge in [-0.25, -0.2) is 4.98 Å². The van der Waals surface area contributed by atoms with Gasteiger partial charge in [-0.2, -0.15) is 0 Å². The van der Waals surface area contributed by atoms with Crippen LogP contribution in [0.4, 0.5) is 11.4 Å². The number of ether oxygens (including phenoxy) is 1. The predicted molar refractivity (Wildman–Crippen MR) is 47.7 cm³/mol. The Kier molecular flexibility index (Phi) is 1.53. The summed E-state index contributed by atoms with van der Waals surface area (Å²) >= 11 is 0. The van der Waals surface area contributed by atoms with Gasteiger partial charge in [0, 0.05) is 13.2 Å². The van der Waals surface area contributed by atoms with E-state index in [1.54, 1.807) is 13.3 Å². The van der Waals surface area contributed by atoms with Crippen LogP contribution < -0.4 is 15.0 Å². The Hall–Kier alpha value is -1.45. The molecule has 1 aliphatic rings. The molecule has 0 bridgehead atoms. The van der Waals surface area contributed by atoms with Crippen LogP contribution in [-0.4, -0.2) is 25.8 Å². The van der Waals surface area contributed by atoms with Crippen molar-refractivity contribution in [1.29, 1.82) is 0 Å². The standard InChI is InChI=1S/C8H11N3O/c1-11-5-10-7-6(11)3-4-9-8(7)12-2/h3-4,10H,5H2,1-2H3. The average molecular weight is 165 g/mol. The Morgan fingerprint density at radius 2 is 2.50 bits per heavy atom. The van der Waals surface area contributed by atoms with E-state index in [0.29, 0.717) is 5.88 Å². The highest BCUT2D eigenvalue weighted by Crippen LogP contribution is 2.35. The zero-order valence-corrected chi connectivity index (χ0v) is 7.16. The summed E-state index contributed by atoms with van der Waals surface area (Å²) in [6.45, 7) is 0.817. The van der Waals surface area contributed by atoms with E-state index in [9.17, 15) is 0 Å². The summed E-state index contributed by atoms with van der Waals surface area (Å²) in [5, 5.41) is 3.21. The van der Waals surface area contributed by atoms with E-state index in [2.05, 4.69) is 15.2 Å². The number of aromatic nitrogens is 1.